The highest BCUT2D eigenvalue weighted by Crippen LogP contribution is 2.33. The van der Waals surface area contributed by atoms with Crippen molar-refractivity contribution in [1.29, 1.82) is 0 Å². The number of nitrogens with one attached hydrogen (secondary N) is 1. The van der Waals surface area contributed by atoms with E-state index in [1.54, 1.807) is 6.07 Å². The molecule has 7 nitrogen and oxygen atoms in total. The van der Waals surface area contributed by atoms with Gasteiger partial charge in [0.15, 0.2) is 12.3 Å². The number of rotatable bonds is 5. The number of hydrogen-bond acceptors (Lipinski definition) is 5. The third-order valence-electron chi connectivity index (χ3n) is 6.42. The maximum Gasteiger partial charge on any atom is 0.359 e. The van der Waals surface area contributed by atoms with Gasteiger partial charge in [0.25, 0.3) is 5.91 Å². The van der Waals surface area contributed by atoms with Crippen molar-refractivity contribution in [3.05, 3.63) is 114 Å². The van der Waals surface area contributed by atoms with Gasteiger partial charge in [-0.15, -0.1) is 0 Å². The maximum atomic E-state index is 13.3. The number of nitrogens with zero attached hydrogens (tertiary/aromatic N) is 3. The molecule has 1 aliphatic heterocycles. The lowest BCUT2D eigenvalue weighted by Crippen LogP contribution is -2.31. The molecule has 2 heterocycles. The van der Waals surface area contributed by atoms with Crippen molar-refractivity contribution in [2.75, 3.05) is 6.61 Å². The van der Waals surface area contributed by atoms with Gasteiger partial charge in [-0.05, 0) is 34.0 Å². The first-order valence-corrected chi connectivity index (χ1v) is 11.7. The van der Waals surface area contributed by atoms with Crippen molar-refractivity contribution in [3.8, 4) is 0 Å². The molecule has 6 rings (SSSR count). The van der Waals surface area contributed by atoms with Crippen LogP contribution in [0.15, 0.2) is 102 Å². The number of hydrazone groups is 1. The summed E-state index contributed by atoms with van der Waals surface area (Å²) in [5.41, 5.74) is 3.62. The van der Waals surface area contributed by atoms with Gasteiger partial charge in [0.2, 0.25) is 0 Å². The van der Waals surface area contributed by atoms with E-state index in [0.29, 0.717) is 11.8 Å². The van der Waals surface area contributed by atoms with Gasteiger partial charge < -0.3 is 4.74 Å². The van der Waals surface area contributed by atoms with Crippen molar-refractivity contribution in [2.45, 2.75) is 12.5 Å². The van der Waals surface area contributed by atoms with E-state index >= 15 is 0 Å². The summed E-state index contributed by atoms with van der Waals surface area (Å²) in [5.74, 6) is -1.05. The van der Waals surface area contributed by atoms with Crippen molar-refractivity contribution < 1.29 is 14.3 Å². The monoisotopic (exact) mass is 474 g/mol. The largest absolute Gasteiger partial charge is 0.451 e. The molecule has 0 radical (unpaired) electrons. The molecule has 1 amide bonds. The Hall–Kier alpha value is -4.78. The van der Waals surface area contributed by atoms with Crippen molar-refractivity contribution in [3.63, 3.8) is 0 Å². The highest BCUT2D eigenvalue weighted by atomic mass is 16.5. The predicted octanol–water partition coefficient (Wildman–Crippen LogP) is 5.25. The second-order valence-electron chi connectivity index (χ2n) is 8.67. The van der Waals surface area contributed by atoms with Crippen LogP contribution in [-0.4, -0.2) is 39.4 Å². The number of carbonyl (C=O) groups is 2. The summed E-state index contributed by atoms with van der Waals surface area (Å²) in [6.45, 7) is -0.433. The van der Waals surface area contributed by atoms with Crippen LogP contribution in [0, 0.1) is 0 Å². The molecule has 1 N–H and O–H groups in total. The number of H-pyrrole nitrogens is 1. The van der Waals surface area contributed by atoms with E-state index in [1.165, 1.54) is 5.01 Å². The minimum Gasteiger partial charge on any atom is -0.451 e. The van der Waals surface area contributed by atoms with Crippen molar-refractivity contribution in [2.24, 2.45) is 5.10 Å². The number of hydrogen-bond donors (Lipinski definition) is 1. The normalized spacial score (nSPS) is 15.3. The lowest BCUT2D eigenvalue weighted by molar-refractivity contribution is -0.136. The Morgan fingerprint density at radius 2 is 1.64 bits per heavy atom. The van der Waals surface area contributed by atoms with Crippen LogP contribution in [0.25, 0.3) is 21.7 Å². The second-order valence-corrected chi connectivity index (χ2v) is 8.67. The summed E-state index contributed by atoms with van der Waals surface area (Å²) in [6, 6.07) is 31.1. The van der Waals surface area contributed by atoms with Crippen molar-refractivity contribution in [1.82, 2.24) is 15.2 Å². The summed E-state index contributed by atoms with van der Waals surface area (Å²) < 4.78 is 5.37. The first-order valence-electron chi connectivity index (χ1n) is 11.7. The third kappa shape index (κ3) is 4.01. The Morgan fingerprint density at radius 3 is 2.50 bits per heavy atom. The van der Waals surface area contributed by atoms with Gasteiger partial charge in [-0.2, -0.15) is 10.2 Å². The van der Waals surface area contributed by atoms with Crippen LogP contribution in [0.1, 0.15) is 34.1 Å². The number of aromatic nitrogens is 2. The van der Waals surface area contributed by atoms with E-state index in [2.05, 4.69) is 34.5 Å². The van der Waals surface area contributed by atoms with Crippen LogP contribution < -0.4 is 0 Å². The molecule has 1 unspecified atom stereocenters. The van der Waals surface area contributed by atoms with Crippen LogP contribution in [0.5, 0.6) is 0 Å². The molecular formula is C29H22N4O3. The standard InChI is InChI=1S/C29H22N4O3/c34-27(18-36-29(35)28-23-12-6-7-13-24(23)30-31-28)33-26(20-9-2-1-3-10-20)17-25(32-33)22-15-14-19-8-4-5-11-21(19)16-22/h1-16,26H,17-18H2,(H,30,31). The summed E-state index contributed by atoms with van der Waals surface area (Å²) in [7, 11) is 0. The Labute approximate surface area is 207 Å². The number of fused-ring (bicyclic) bond motifs is 2. The van der Waals surface area contributed by atoms with Gasteiger partial charge in [-0.25, -0.2) is 9.80 Å². The summed E-state index contributed by atoms with van der Waals surface area (Å²) >= 11 is 0. The number of amides is 1. The van der Waals surface area contributed by atoms with E-state index in [9.17, 15) is 9.59 Å². The Kier molecular flexibility index (Phi) is 5.50. The molecule has 1 atom stereocenters. The minimum atomic E-state index is -0.657. The van der Waals surface area contributed by atoms with Crippen LogP contribution in [0.4, 0.5) is 0 Å². The molecule has 5 aromatic rings. The lowest BCUT2D eigenvalue weighted by Gasteiger charge is -2.21. The molecule has 0 saturated carbocycles. The van der Waals surface area contributed by atoms with Crippen LogP contribution in [0.2, 0.25) is 0 Å². The van der Waals surface area contributed by atoms with Crippen LogP contribution in [-0.2, 0) is 9.53 Å². The van der Waals surface area contributed by atoms with Crippen molar-refractivity contribution >= 4 is 39.3 Å². The zero-order valence-electron chi connectivity index (χ0n) is 19.3. The Balaban J connectivity index is 1.26. The van der Waals surface area contributed by atoms with E-state index < -0.39 is 18.5 Å². The zero-order valence-corrected chi connectivity index (χ0v) is 19.3. The number of para-hydroxylation sites is 1. The second kappa shape index (κ2) is 9.11. The average molecular weight is 475 g/mol. The topological polar surface area (TPSA) is 87.7 Å². The van der Waals surface area contributed by atoms with Crippen LogP contribution in [0.3, 0.4) is 0 Å². The fraction of sp³-hybridized carbons (Fsp3) is 0.103. The van der Waals surface area contributed by atoms with E-state index in [0.717, 1.165) is 33.1 Å². The minimum absolute atomic E-state index is 0.153. The molecule has 4 aromatic carbocycles. The summed E-state index contributed by atoms with van der Waals surface area (Å²) in [5, 5.41) is 15.9. The molecule has 0 bridgehead atoms. The molecular weight excluding hydrogens is 452 g/mol. The smallest absolute Gasteiger partial charge is 0.359 e. The summed E-state index contributed by atoms with van der Waals surface area (Å²) in [4.78, 5) is 26.0. The predicted molar refractivity (Wildman–Crippen MR) is 138 cm³/mol. The van der Waals surface area contributed by atoms with E-state index in [4.69, 9.17) is 9.84 Å². The maximum absolute atomic E-state index is 13.3. The third-order valence-corrected chi connectivity index (χ3v) is 6.42. The molecule has 0 saturated heterocycles. The molecule has 0 spiro atoms. The molecule has 1 aliphatic rings. The number of carbonyl (C=O) groups excluding carboxylic acids is 2. The van der Waals surface area contributed by atoms with E-state index in [1.807, 2.05) is 66.7 Å². The fourth-order valence-electron chi connectivity index (χ4n) is 4.60. The van der Waals surface area contributed by atoms with E-state index in [-0.39, 0.29) is 11.7 Å². The quantitative estimate of drug-likeness (QED) is 0.353. The summed E-state index contributed by atoms with van der Waals surface area (Å²) in [6.07, 6.45) is 0.562. The first kappa shape index (κ1) is 21.7. The molecule has 0 aliphatic carbocycles. The lowest BCUT2D eigenvalue weighted by atomic mass is 9.97. The molecule has 0 fully saturated rings. The molecule has 7 heteroatoms. The fourth-order valence-corrected chi connectivity index (χ4v) is 4.60. The Bertz CT molecular complexity index is 1620. The first-order chi connectivity index (χ1) is 17.7. The number of ether oxygens (including phenoxy) is 1. The number of benzene rings is 4. The number of aromatic amines is 1. The zero-order chi connectivity index (χ0) is 24.5. The van der Waals surface area contributed by atoms with Gasteiger partial charge in [-0.1, -0.05) is 84.9 Å². The van der Waals surface area contributed by atoms with Gasteiger partial charge in [0, 0.05) is 11.8 Å². The highest BCUT2D eigenvalue weighted by Gasteiger charge is 2.33. The van der Waals surface area contributed by atoms with Crippen LogP contribution >= 0.6 is 0 Å². The highest BCUT2D eigenvalue weighted by molar-refractivity contribution is 6.06. The van der Waals surface area contributed by atoms with Gasteiger partial charge >= 0.3 is 5.97 Å². The Morgan fingerprint density at radius 1 is 0.889 bits per heavy atom. The van der Waals surface area contributed by atoms with Gasteiger partial charge in [0.1, 0.15) is 0 Å². The average Bonchev–Trinajstić information content (AvgIpc) is 3.57. The van der Waals surface area contributed by atoms with Gasteiger partial charge in [0.05, 0.1) is 17.3 Å². The molecule has 36 heavy (non-hydrogen) atoms. The SMILES string of the molecule is O=C(OCC(=O)N1N=C(c2ccc3ccccc3c2)CC1c1ccccc1)c1n[nH]c2ccccc12. The molecule has 176 valence electrons. The van der Waals surface area contributed by atoms with Gasteiger partial charge in [-0.3, -0.25) is 9.89 Å². The number of esters is 1. The molecule has 1 aromatic heterocycles.